The van der Waals surface area contributed by atoms with E-state index >= 15 is 0 Å². The summed E-state index contributed by atoms with van der Waals surface area (Å²) in [5.41, 5.74) is 0.645. The number of aromatic nitrogens is 1. The summed E-state index contributed by atoms with van der Waals surface area (Å²) in [5, 5.41) is 1.59. The molecular formula is C8H6ClNO. The Kier molecular flexibility index (Phi) is 1.36. The van der Waals surface area contributed by atoms with Crippen LogP contribution in [0.25, 0.3) is 11.1 Å². The van der Waals surface area contributed by atoms with Crippen molar-refractivity contribution in [3.63, 3.8) is 0 Å². The molecule has 0 aliphatic carbocycles. The first-order valence-electron chi connectivity index (χ1n) is 3.27. The molecule has 0 fully saturated rings. The molecule has 0 saturated carbocycles. The Labute approximate surface area is 68.8 Å². The van der Waals surface area contributed by atoms with E-state index in [4.69, 9.17) is 16.0 Å². The number of hydrogen-bond acceptors (Lipinski definition) is 2. The summed E-state index contributed by atoms with van der Waals surface area (Å²) in [7, 11) is 0. The lowest BCUT2D eigenvalue weighted by Gasteiger charge is -1.86. The van der Waals surface area contributed by atoms with Crippen LogP contribution in [0.3, 0.4) is 0 Å². The van der Waals surface area contributed by atoms with Crippen LogP contribution < -0.4 is 0 Å². The zero-order chi connectivity index (χ0) is 7.84. The maximum Gasteiger partial charge on any atom is 0.226 e. The van der Waals surface area contributed by atoms with Gasteiger partial charge >= 0.3 is 0 Å². The normalized spacial score (nSPS) is 10.7. The Bertz CT molecular complexity index is 394. The minimum Gasteiger partial charge on any atom is -0.443 e. The van der Waals surface area contributed by atoms with E-state index in [1.165, 1.54) is 0 Å². The lowest BCUT2D eigenvalue weighted by Crippen LogP contribution is -1.70. The number of pyridine rings is 1. The van der Waals surface area contributed by atoms with Crippen molar-refractivity contribution < 1.29 is 4.42 Å². The quantitative estimate of drug-likeness (QED) is 0.603. The second-order valence-corrected chi connectivity index (χ2v) is 2.84. The highest BCUT2D eigenvalue weighted by molar-refractivity contribution is 6.31. The predicted molar refractivity (Wildman–Crippen MR) is 43.8 cm³/mol. The van der Waals surface area contributed by atoms with Crippen LogP contribution in [0.1, 0.15) is 5.76 Å². The van der Waals surface area contributed by atoms with Crippen LogP contribution in [0, 0.1) is 6.92 Å². The standard InChI is InChI=1S/C8H6ClNO/c1-5-2-6-3-7(9)4-10-8(6)11-5/h2-4H,1H3. The molecule has 0 N–H and O–H groups in total. The van der Waals surface area contributed by atoms with E-state index in [0.29, 0.717) is 10.7 Å². The first-order chi connectivity index (χ1) is 5.25. The van der Waals surface area contributed by atoms with E-state index in [1.807, 2.05) is 19.1 Å². The molecular weight excluding hydrogens is 162 g/mol. The largest absolute Gasteiger partial charge is 0.443 e. The molecule has 2 heterocycles. The lowest BCUT2D eigenvalue weighted by atomic mass is 10.3. The van der Waals surface area contributed by atoms with Crippen molar-refractivity contribution in [2.45, 2.75) is 6.92 Å². The van der Waals surface area contributed by atoms with Crippen molar-refractivity contribution in [1.29, 1.82) is 0 Å². The fourth-order valence-corrected chi connectivity index (χ4v) is 1.20. The number of hydrogen-bond donors (Lipinski definition) is 0. The second-order valence-electron chi connectivity index (χ2n) is 2.40. The Morgan fingerprint density at radius 2 is 2.27 bits per heavy atom. The highest BCUT2D eigenvalue weighted by Crippen LogP contribution is 2.19. The van der Waals surface area contributed by atoms with Crippen molar-refractivity contribution in [3.8, 4) is 0 Å². The monoisotopic (exact) mass is 167 g/mol. The van der Waals surface area contributed by atoms with E-state index in [2.05, 4.69) is 4.98 Å². The maximum absolute atomic E-state index is 5.72. The molecule has 0 amide bonds. The third-order valence-electron chi connectivity index (χ3n) is 1.46. The summed E-state index contributed by atoms with van der Waals surface area (Å²) in [6, 6.07) is 3.74. The lowest BCUT2D eigenvalue weighted by molar-refractivity contribution is 0.567. The fourth-order valence-electron chi connectivity index (χ4n) is 1.03. The number of halogens is 1. The van der Waals surface area contributed by atoms with Crippen molar-refractivity contribution in [1.82, 2.24) is 4.98 Å². The first kappa shape index (κ1) is 6.68. The molecule has 11 heavy (non-hydrogen) atoms. The highest BCUT2D eigenvalue weighted by atomic mass is 35.5. The third kappa shape index (κ3) is 1.10. The van der Waals surface area contributed by atoms with Crippen LogP contribution in [0.15, 0.2) is 22.7 Å². The second kappa shape index (κ2) is 2.24. The minimum absolute atomic E-state index is 0.637. The van der Waals surface area contributed by atoms with Crippen molar-refractivity contribution in [2.24, 2.45) is 0 Å². The van der Waals surface area contributed by atoms with Gasteiger partial charge in [-0.25, -0.2) is 4.98 Å². The Balaban J connectivity index is 2.82. The molecule has 2 aromatic heterocycles. The average molecular weight is 168 g/mol. The van der Waals surface area contributed by atoms with Crippen molar-refractivity contribution >= 4 is 22.7 Å². The summed E-state index contributed by atoms with van der Waals surface area (Å²) in [4.78, 5) is 4.00. The third-order valence-corrected chi connectivity index (χ3v) is 1.67. The minimum atomic E-state index is 0.637. The van der Waals surface area contributed by atoms with Crippen molar-refractivity contribution in [3.05, 3.63) is 29.1 Å². The molecule has 0 spiro atoms. The Hall–Kier alpha value is -1.02. The maximum atomic E-state index is 5.72. The summed E-state index contributed by atoms with van der Waals surface area (Å²) in [5.74, 6) is 0.856. The number of furan rings is 1. The number of aryl methyl sites for hydroxylation is 1. The van der Waals surface area contributed by atoms with Gasteiger partial charge in [-0.1, -0.05) is 11.6 Å². The number of nitrogens with zero attached hydrogens (tertiary/aromatic N) is 1. The first-order valence-corrected chi connectivity index (χ1v) is 3.65. The molecule has 0 saturated heterocycles. The van der Waals surface area contributed by atoms with E-state index in [1.54, 1.807) is 6.20 Å². The van der Waals surface area contributed by atoms with Crippen LogP contribution in [-0.4, -0.2) is 4.98 Å². The van der Waals surface area contributed by atoms with Gasteiger partial charge in [0, 0.05) is 11.6 Å². The molecule has 2 nitrogen and oxygen atoms in total. The molecule has 2 aromatic rings. The van der Waals surface area contributed by atoms with Gasteiger partial charge in [-0.2, -0.15) is 0 Å². The molecule has 0 aliphatic rings. The average Bonchev–Trinajstić information content (AvgIpc) is 2.27. The molecule has 0 atom stereocenters. The van der Waals surface area contributed by atoms with Crippen LogP contribution in [0.2, 0.25) is 5.02 Å². The van der Waals surface area contributed by atoms with Crippen molar-refractivity contribution in [2.75, 3.05) is 0 Å². The van der Waals surface area contributed by atoms with Gasteiger partial charge < -0.3 is 4.42 Å². The van der Waals surface area contributed by atoms with Gasteiger partial charge in [0.2, 0.25) is 5.71 Å². The van der Waals surface area contributed by atoms with E-state index in [9.17, 15) is 0 Å². The van der Waals surface area contributed by atoms with Gasteiger partial charge in [0.25, 0.3) is 0 Å². The summed E-state index contributed by atoms with van der Waals surface area (Å²) < 4.78 is 5.25. The summed E-state index contributed by atoms with van der Waals surface area (Å²) >= 11 is 5.72. The SMILES string of the molecule is Cc1cc2cc(Cl)cnc2o1. The van der Waals surface area contributed by atoms with Gasteiger partial charge in [-0.3, -0.25) is 0 Å². The van der Waals surface area contributed by atoms with Gasteiger partial charge in [0.15, 0.2) is 0 Å². The molecule has 0 aromatic carbocycles. The summed E-state index contributed by atoms with van der Waals surface area (Å²) in [6.07, 6.45) is 1.58. The predicted octanol–water partition coefficient (Wildman–Crippen LogP) is 2.79. The molecule has 3 heteroatoms. The topological polar surface area (TPSA) is 26.0 Å². The van der Waals surface area contributed by atoms with Crippen LogP contribution in [0.4, 0.5) is 0 Å². The van der Waals surface area contributed by atoms with Crippen LogP contribution in [0.5, 0.6) is 0 Å². The van der Waals surface area contributed by atoms with Crippen LogP contribution in [-0.2, 0) is 0 Å². The highest BCUT2D eigenvalue weighted by Gasteiger charge is 2.00. The fraction of sp³-hybridized carbons (Fsp3) is 0.125. The molecule has 56 valence electrons. The number of rotatable bonds is 0. The summed E-state index contributed by atoms with van der Waals surface area (Å²) in [6.45, 7) is 1.88. The van der Waals surface area contributed by atoms with E-state index < -0.39 is 0 Å². The molecule has 0 bridgehead atoms. The Morgan fingerprint density at radius 1 is 1.45 bits per heavy atom. The van der Waals surface area contributed by atoms with E-state index in [-0.39, 0.29) is 0 Å². The zero-order valence-corrected chi connectivity index (χ0v) is 6.72. The zero-order valence-electron chi connectivity index (χ0n) is 5.97. The number of fused-ring (bicyclic) bond motifs is 1. The van der Waals surface area contributed by atoms with E-state index in [0.717, 1.165) is 11.1 Å². The van der Waals surface area contributed by atoms with Gasteiger partial charge in [0.05, 0.1) is 5.02 Å². The molecule has 2 rings (SSSR count). The smallest absolute Gasteiger partial charge is 0.226 e. The molecule has 0 unspecified atom stereocenters. The van der Waals surface area contributed by atoms with Gasteiger partial charge in [-0.15, -0.1) is 0 Å². The Morgan fingerprint density at radius 3 is 3.09 bits per heavy atom. The van der Waals surface area contributed by atoms with Gasteiger partial charge in [0.1, 0.15) is 5.76 Å². The van der Waals surface area contributed by atoms with Gasteiger partial charge in [-0.05, 0) is 19.1 Å². The van der Waals surface area contributed by atoms with Crippen LogP contribution >= 0.6 is 11.6 Å². The molecule has 0 radical (unpaired) electrons. The molecule has 0 aliphatic heterocycles.